The largest absolute Gasteiger partial charge is 0.490 e. The highest BCUT2D eigenvalue weighted by Gasteiger charge is 2.38. The van der Waals surface area contributed by atoms with E-state index in [2.05, 4.69) is 4.98 Å². The van der Waals surface area contributed by atoms with E-state index in [1.807, 2.05) is 53.8 Å². The fourth-order valence-corrected chi connectivity index (χ4v) is 3.40. The van der Waals surface area contributed by atoms with Gasteiger partial charge in [0.2, 0.25) is 5.91 Å². The van der Waals surface area contributed by atoms with Crippen LogP contribution in [-0.2, 0) is 16.1 Å². The number of hydrogen-bond acceptors (Lipinski definition) is 4. The maximum Gasteiger partial charge on any atom is 0.242 e. The standard InChI is InChI=1S/C20H27N3O3/c1-16-7-4-5-8-18(16)26-15-20(25-3)9-6-11-23(14-20)19(24)13-22-12-10-21-17(22)2/h4-5,7-8,10,12H,6,9,11,13-15H2,1-3H3/t20-/m1/s1. The van der Waals surface area contributed by atoms with Gasteiger partial charge in [-0.25, -0.2) is 4.98 Å². The lowest BCUT2D eigenvalue weighted by Crippen LogP contribution is -2.55. The molecule has 6 heteroatoms. The summed E-state index contributed by atoms with van der Waals surface area (Å²) in [7, 11) is 1.70. The van der Waals surface area contributed by atoms with E-state index < -0.39 is 5.60 Å². The van der Waals surface area contributed by atoms with E-state index in [9.17, 15) is 4.79 Å². The first-order valence-corrected chi connectivity index (χ1v) is 9.02. The minimum absolute atomic E-state index is 0.0862. The summed E-state index contributed by atoms with van der Waals surface area (Å²) in [6.07, 6.45) is 5.33. The van der Waals surface area contributed by atoms with E-state index in [0.717, 1.165) is 36.5 Å². The van der Waals surface area contributed by atoms with Crippen molar-refractivity contribution in [2.75, 3.05) is 26.8 Å². The Morgan fingerprint density at radius 2 is 2.12 bits per heavy atom. The zero-order valence-electron chi connectivity index (χ0n) is 15.8. The number of nitrogens with zero attached hydrogens (tertiary/aromatic N) is 3. The van der Waals surface area contributed by atoms with E-state index in [-0.39, 0.29) is 5.91 Å². The summed E-state index contributed by atoms with van der Waals surface area (Å²) in [5, 5.41) is 0. The molecule has 1 saturated heterocycles. The fraction of sp³-hybridized carbons (Fsp3) is 0.500. The average molecular weight is 357 g/mol. The van der Waals surface area contributed by atoms with Crippen LogP contribution >= 0.6 is 0 Å². The van der Waals surface area contributed by atoms with Crippen LogP contribution in [0.4, 0.5) is 0 Å². The number of amides is 1. The summed E-state index contributed by atoms with van der Waals surface area (Å²) < 4.78 is 13.8. The molecular weight excluding hydrogens is 330 g/mol. The van der Waals surface area contributed by atoms with E-state index >= 15 is 0 Å². The van der Waals surface area contributed by atoms with E-state index in [0.29, 0.717) is 19.7 Å². The molecule has 1 aliphatic heterocycles. The number of hydrogen-bond donors (Lipinski definition) is 0. The summed E-state index contributed by atoms with van der Waals surface area (Å²) in [6.45, 7) is 5.97. The highest BCUT2D eigenvalue weighted by molar-refractivity contribution is 5.76. The van der Waals surface area contributed by atoms with Crippen molar-refractivity contribution < 1.29 is 14.3 Å². The van der Waals surface area contributed by atoms with Crippen LogP contribution in [0, 0.1) is 13.8 Å². The predicted octanol–water partition coefficient (Wildman–Crippen LogP) is 2.59. The maximum absolute atomic E-state index is 12.7. The van der Waals surface area contributed by atoms with Gasteiger partial charge in [-0.1, -0.05) is 18.2 Å². The molecule has 0 saturated carbocycles. The number of ether oxygens (including phenoxy) is 2. The van der Waals surface area contributed by atoms with E-state index in [1.54, 1.807) is 13.3 Å². The van der Waals surface area contributed by atoms with E-state index in [4.69, 9.17) is 9.47 Å². The van der Waals surface area contributed by atoms with E-state index in [1.165, 1.54) is 0 Å². The number of methoxy groups -OCH3 is 1. The quantitative estimate of drug-likeness (QED) is 0.797. The van der Waals surface area contributed by atoms with Gasteiger partial charge in [-0.15, -0.1) is 0 Å². The molecule has 2 heterocycles. The molecule has 0 radical (unpaired) electrons. The molecule has 0 spiro atoms. The summed E-state index contributed by atoms with van der Waals surface area (Å²) in [6, 6.07) is 7.95. The number of carbonyl (C=O) groups excluding carboxylic acids is 1. The van der Waals surface area contributed by atoms with Crippen molar-refractivity contribution in [3.8, 4) is 5.75 Å². The monoisotopic (exact) mass is 357 g/mol. The normalized spacial score (nSPS) is 20.2. The maximum atomic E-state index is 12.7. The van der Waals surface area contributed by atoms with Crippen LogP contribution in [0.1, 0.15) is 24.2 Å². The first-order valence-electron chi connectivity index (χ1n) is 9.02. The Kier molecular flexibility index (Phi) is 5.61. The molecule has 0 bridgehead atoms. The molecule has 0 N–H and O–H groups in total. The van der Waals surface area contributed by atoms with Crippen molar-refractivity contribution in [1.29, 1.82) is 0 Å². The molecule has 3 rings (SSSR count). The molecule has 1 aliphatic rings. The zero-order valence-corrected chi connectivity index (χ0v) is 15.8. The zero-order chi connectivity index (χ0) is 18.6. The lowest BCUT2D eigenvalue weighted by Gasteiger charge is -2.41. The van der Waals surface area contributed by atoms with Gasteiger partial charge in [0.05, 0.1) is 6.54 Å². The first-order chi connectivity index (χ1) is 12.5. The van der Waals surface area contributed by atoms with Gasteiger partial charge < -0.3 is 18.9 Å². The van der Waals surface area contributed by atoms with Crippen molar-refractivity contribution >= 4 is 5.91 Å². The van der Waals surface area contributed by atoms with Crippen LogP contribution in [0.25, 0.3) is 0 Å². The third-order valence-corrected chi connectivity index (χ3v) is 5.14. The Bertz CT molecular complexity index is 758. The van der Waals surface area contributed by atoms with Gasteiger partial charge in [-0.05, 0) is 38.3 Å². The second kappa shape index (κ2) is 7.91. The Morgan fingerprint density at radius 3 is 2.81 bits per heavy atom. The third kappa shape index (κ3) is 4.07. The van der Waals surface area contributed by atoms with Gasteiger partial charge in [0, 0.05) is 26.0 Å². The number of aromatic nitrogens is 2. The van der Waals surface area contributed by atoms with Crippen LogP contribution in [0.3, 0.4) is 0 Å². The molecule has 140 valence electrons. The number of para-hydroxylation sites is 1. The van der Waals surface area contributed by atoms with Gasteiger partial charge in [-0.3, -0.25) is 4.79 Å². The Labute approximate surface area is 154 Å². The van der Waals surface area contributed by atoms with Gasteiger partial charge in [0.15, 0.2) is 0 Å². The second-order valence-corrected chi connectivity index (χ2v) is 6.96. The van der Waals surface area contributed by atoms with Crippen LogP contribution in [0.15, 0.2) is 36.7 Å². The van der Waals surface area contributed by atoms with Crippen LogP contribution < -0.4 is 4.74 Å². The second-order valence-electron chi connectivity index (χ2n) is 6.96. The number of carbonyl (C=O) groups is 1. The lowest BCUT2D eigenvalue weighted by atomic mass is 9.93. The first kappa shape index (κ1) is 18.5. The molecule has 1 amide bonds. The molecule has 1 aromatic carbocycles. The Balaban J connectivity index is 1.65. The molecule has 1 fully saturated rings. The molecule has 2 aromatic rings. The van der Waals surface area contributed by atoms with Gasteiger partial charge in [-0.2, -0.15) is 0 Å². The number of imidazole rings is 1. The molecule has 1 aromatic heterocycles. The molecule has 0 unspecified atom stereocenters. The Hall–Kier alpha value is -2.34. The van der Waals surface area contributed by atoms with Crippen LogP contribution in [0.2, 0.25) is 0 Å². The molecule has 1 atom stereocenters. The summed E-state index contributed by atoms with van der Waals surface area (Å²) in [5.74, 6) is 1.79. The smallest absolute Gasteiger partial charge is 0.242 e. The predicted molar refractivity (Wildman–Crippen MR) is 99.2 cm³/mol. The third-order valence-electron chi connectivity index (χ3n) is 5.14. The highest BCUT2D eigenvalue weighted by atomic mass is 16.5. The minimum atomic E-state index is -0.472. The van der Waals surface area contributed by atoms with Crippen molar-refractivity contribution in [2.24, 2.45) is 0 Å². The van der Waals surface area contributed by atoms with Crippen molar-refractivity contribution in [2.45, 2.75) is 38.8 Å². The highest BCUT2D eigenvalue weighted by Crippen LogP contribution is 2.27. The fourth-order valence-electron chi connectivity index (χ4n) is 3.40. The molecular formula is C20H27N3O3. The van der Waals surface area contributed by atoms with Gasteiger partial charge in [0.25, 0.3) is 0 Å². The van der Waals surface area contributed by atoms with Gasteiger partial charge in [0.1, 0.15) is 30.3 Å². The van der Waals surface area contributed by atoms with Crippen molar-refractivity contribution in [1.82, 2.24) is 14.5 Å². The summed E-state index contributed by atoms with van der Waals surface area (Å²) in [5.41, 5.74) is 0.623. The average Bonchev–Trinajstić information content (AvgIpc) is 3.06. The minimum Gasteiger partial charge on any atom is -0.490 e. The summed E-state index contributed by atoms with van der Waals surface area (Å²) >= 11 is 0. The van der Waals surface area contributed by atoms with Crippen LogP contribution in [-0.4, -0.2) is 52.8 Å². The SMILES string of the molecule is CO[C@]1(COc2ccccc2C)CCCN(C(=O)Cn2ccnc2C)C1. The summed E-state index contributed by atoms with van der Waals surface area (Å²) in [4.78, 5) is 18.8. The number of piperidine rings is 1. The number of likely N-dealkylation sites (tertiary alicyclic amines) is 1. The van der Waals surface area contributed by atoms with Gasteiger partial charge >= 0.3 is 0 Å². The molecule has 26 heavy (non-hydrogen) atoms. The van der Waals surface area contributed by atoms with Crippen molar-refractivity contribution in [3.63, 3.8) is 0 Å². The number of rotatable bonds is 6. The number of aryl methyl sites for hydroxylation is 2. The van der Waals surface area contributed by atoms with Crippen LogP contribution in [0.5, 0.6) is 5.75 Å². The topological polar surface area (TPSA) is 56.6 Å². The molecule has 0 aliphatic carbocycles. The van der Waals surface area contributed by atoms with Crippen molar-refractivity contribution in [3.05, 3.63) is 48.0 Å². The Morgan fingerprint density at radius 1 is 1.31 bits per heavy atom. The lowest BCUT2D eigenvalue weighted by molar-refractivity contribution is -0.143. The number of benzene rings is 1. The molecule has 6 nitrogen and oxygen atoms in total.